The molecule has 0 saturated heterocycles. The minimum Gasteiger partial charge on any atom is -0.393 e. The van der Waals surface area contributed by atoms with E-state index in [1.807, 2.05) is 12.1 Å². The summed E-state index contributed by atoms with van der Waals surface area (Å²) in [6.45, 7) is 2.09. The van der Waals surface area contributed by atoms with Crippen LogP contribution in [-0.4, -0.2) is 16.9 Å². The van der Waals surface area contributed by atoms with E-state index in [9.17, 15) is 4.79 Å². The van der Waals surface area contributed by atoms with Gasteiger partial charge in [-0.15, -0.1) is 11.3 Å². The molecule has 5 heteroatoms. The monoisotopic (exact) mass is 282 g/mol. The summed E-state index contributed by atoms with van der Waals surface area (Å²) in [6, 6.07) is 4.02. The predicted octanol–water partition coefficient (Wildman–Crippen LogP) is 2.50. The largest absolute Gasteiger partial charge is 0.393 e. The molecule has 1 heterocycles. The first-order chi connectivity index (χ1) is 8.61. The summed E-state index contributed by atoms with van der Waals surface area (Å²) < 4.78 is 0. The second kappa shape index (κ2) is 5.80. The lowest BCUT2D eigenvalue weighted by Crippen LogP contribution is -2.41. The average molecular weight is 282 g/mol. The summed E-state index contributed by atoms with van der Waals surface area (Å²) in [5.74, 6) is 0.169. The highest BCUT2D eigenvalue weighted by molar-refractivity contribution is 7.80. The molecule has 3 nitrogen and oxygen atoms in total. The summed E-state index contributed by atoms with van der Waals surface area (Å²) >= 11 is 6.61. The lowest BCUT2D eigenvalue weighted by molar-refractivity contribution is 0.0938. The van der Waals surface area contributed by atoms with Crippen LogP contribution in [0.2, 0.25) is 0 Å². The Hall–Kier alpha value is -0.940. The van der Waals surface area contributed by atoms with E-state index in [2.05, 4.69) is 12.2 Å². The molecule has 2 unspecified atom stereocenters. The van der Waals surface area contributed by atoms with Gasteiger partial charge >= 0.3 is 0 Å². The van der Waals surface area contributed by atoms with Crippen molar-refractivity contribution in [1.29, 1.82) is 0 Å². The van der Waals surface area contributed by atoms with Crippen molar-refractivity contribution in [3.8, 4) is 0 Å². The summed E-state index contributed by atoms with van der Waals surface area (Å²) in [7, 11) is 0. The lowest BCUT2D eigenvalue weighted by Gasteiger charge is -2.19. The zero-order chi connectivity index (χ0) is 13.1. The number of carbonyl (C=O) groups is 1. The summed E-state index contributed by atoms with van der Waals surface area (Å²) in [5, 5.41) is 3.07. The zero-order valence-electron chi connectivity index (χ0n) is 10.4. The third kappa shape index (κ3) is 2.90. The van der Waals surface area contributed by atoms with Crippen LogP contribution in [0, 0.1) is 5.92 Å². The number of rotatable bonds is 4. The Morgan fingerprint density at radius 2 is 2.33 bits per heavy atom. The second-order valence-corrected chi connectivity index (χ2v) is 6.28. The lowest BCUT2D eigenvalue weighted by atomic mass is 10.0. The third-order valence-electron chi connectivity index (χ3n) is 3.43. The van der Waals surface area contributed by atoms with E-state index < -0.39 is 0 Å². The first-order valence-electron chi connectivity index (χ1n) is 6.30. The number of nitrogens with one attached hydrogen (secondary N) is 1. The van der Waals surface area contributed by atoms with Crippen molar-refractivity contribution in [3.63, 3.8) is 0 Å². The molecule has 0 bridgehead atoms. The molecule has 2 rings (SSSR count). The van der Waals surface area contributed by atoms with Gasteiger partial charge in [-0.05, 0) is 31.4 Å². The van der Waals surface area contributed by atoms with Crippen LogP contribution in [0.4, 0.5) is 0 Å². The van der Waals surface area contributed by atoms with Gasteiger partial charge in [0.05, 0.1) is 9.87 Å². The Kier molecular flexibility index (Phi) is 4.35. The quantitative estimate of drug-likeness (QED) is 0.834. The second-order valence-electron chi connectivity index (χ2n) is 4.64. The molecule has 0 aliphatic heterocycles. The van der Waals surface area contributed by atoms with Crippen molar-refractivity contribution < 1.29 is 4.79 Å². The van der Waals surface area contributed by atoms with Crippen LogP contribution in [0.25, 0.3) is 0 Å². The van der Waals surface area contributed by atoms with Crippen LogP contribution in [0.5, 0.6) is 0 Å². The van der Waals surface area contributed by atoms with Crippen LogP contribution in [0.15, 0.2) is 12.1 Å². The van der Waals surface area contributed by atoms with Gasteiger partial charge in [-0.25, -0.2) is 0 Å². The maximum atomic E-state index is 12.1. The van der Waals surface area contributed by atoms with Gasteiger partial charge in [0, 0.05) is 16.8 Å². The SMILES string of the molecule is CCc1ccc(C(=O)NC2CCCC2C(N)=S)s1. The van der Waals surface area contributed by atoms with Crippen LogP contribution >= 0.6 is 23.6 Å². The zero-order valence-corrected chi connectivity index (χ0v) is 12.1. The predicted molar refractivity (Wildman–Crippen MR) is 79.1 cm³/mol. The number of nitrogens with two attached hydrogens (primary N) is 1. The minimum absolute atomic E-state index is 0.00727. The molecule has 1 amide bonds. The smallest absolute Gasteiger partial charge is 0.261 e. The molecular formula is C13H18N2OS2. The number of hydrogen-bond acceptors (Lipinski definition) is 3. The first-order valence-corrected chi connectivity index (χ1v) is 7.53. The topological polar surface area (TPSA) is 55.1 Å². The molecule has 1 saturated carbocycles. The molecule has 0 aromatic carbocycles. The molecule has 1 aliphatic rings. The van der Waals surface area contributed by atoms with Crippen molar-refractivity contribution in [3.05, 3.63) is 21.9 Å². The average Bonchev–Trinajstić information content (AvgIpc) is 2.96. The van der Waals surface area contributed by atoms with E-state index in [1.165, 1.54) is 4.88 Å². The van der Waals surface area contributed by atoms with Crippen LogP contribution < -0.4 is 11.1 Å². The maximum Gasteiger partial charge on any atom is 0.261 e. The van der Waals surface area contributed by atoms with E-state index in [4.69, 9.17) is 18.0 Å². The van der Waals surface area contributed by atoms with Crippen molar-refractivity contribution >= 4 is 34.5 Å². The number of amides is 1. The summed E-state index contributed by atoms with van der Waals surface area (Å²) in [6.07, 6.45) is 4.01. The van der Waals surface area contributed by atoms with Gasteiger partial charge in [-0.3, -0.25) is 4.79 Å². The Balaban J connectivity index is 2.00. The van der Waals surface area contributed by atoms with E-state index >= 15 is 0 Å². The Morgan fingerprint density at radius 3 is 2.94 bits per heavy atom. The maximum absolute atomic E-state index is 12.1. The Morgan fingerprint density at radius 1 is 1.56 bits per heavy atom. The molecule has 98 valence electrons. The van der Waals surface area contributed by atoms with Crippen molar-refractivity contribution in [2.45, 2.75) is 38.6 Å². The Labute approximate surface area is 117 Å². The van der Waals surface area contributed by atoms with Gasteiger partial charge in [-0.2, -0.15) is 0 Å². The fourth-order valence-corrected chi connectivity index (χ4v) is 3.54. The Bertz CT molecular complexity index is 456. The van der Waals surface area contributed by atoms with Gasteiger partial charge in [0.25, 0.3) is 5.91 Å². The fraction of sp³-hybridized carbons (Fsp3) is 0.538. The third-order valence-corrected chi connectivity index (χ3v) is 4.96. The highest BCUT2D eigenvalue weighted by atomic mass is 32.1. The molecule has 0 spiro atoms. The van der Waals surface area contributed by atoms with Crippen molar-refractivity contribution in [1.82, 2.24) is 5.32 Å². The normalized spacial score (nSPS) is 22.9. The van der Waals surface area contributed by atoms with Gasteiger partial charge in [0.15, 0.2) is 0 Å². The van der Waals surface area contributed by atoms with Gasteiger partial charge in [0.2, 0.25) is 0 Å². The molecule has 1 aliphatic carbocycles. The number of hydrogen-bond donors (Lipinski definition) is 2. The van der Waals surface area contributed by atoms with Crippen LogP contribution in [-0.2, 0) is 6.42 Å². The molecule has 3 N–H and O–H groups in total. The van der Waals surface area contributed by atoms with Gasteiger partial charge in [-0.1, -0.05) is 25.6 Å². The van der Waals surface area contributed by atoms with E-state index in [0.717, 1.165) is 30.6 Å². The highest BCUT2D eigenvalue weighted by Crippen LogP contribution is 2.26. The number of thiophene rings is 1. The summed E-state index contributed by atoms with van der Waals surface area (Å²) in [5.41, 5.74) is 5.71. The van der Waals surface area contributed by atoms with Gasteiger partial charge in [0.1, 0.15) is 0 Å². The molecular weight excluding hydrogens is 264 g/mol. The summed E-state index contributed by atoms with van der Waals surface area (Å²) in [4.78, 5) is 14.7. The number of aryl methyl sites for hydroxylation is 1. The first kappa shape index (κ1) is 13.5. The standard InChI is InChI=1S/C13H18N2OS2/c1-2-8-6-7-11(18-8)13(16)15-10-5-3-4-9(10)12(14)17/h6-7,9-10H,2-5H2,1H3,(H2,14,17)(H,15,16). The number of thiocarbonyl (C=S) groups is 1. The van der Waals surface area contributed by atoms with Crippen LogP contribution in [0.1, 0.15) is 40.7 Å². The molecule has 2 atom stereocenters. The van der Waals surface area contributed by atoms with Crippen molar-refractivity contribution in [2.24, 2.45) is 11.7 Å². The van der Waals surface area contributed by atoms with Gasteiger partial charge < -0.3 is 11.1 Å². The van der Waals surface area contributed by atoms with Crippen LogP contribution in [0.3, 0.4) is 0 Å². The molecule has 1 aromatic rings. The minimum atomic E-state index is 0.00727. The molecule has 1 fully saturated rings. The van der Waals surface area contributed by atoms with Crippen molar-refractivity contribution in [2.75, 3.05) is 0 Å². The molecule has 18 heavy (non-hydrogen) atoms. The molecule has 0 radical (unpaired) electrons. The fourth-order valence-electron chi connectivity index (χ4n) is 2.40. The number of carbonyl (C=O) groups excluding carboxylic acids is 1. The van der Waals surface area contributed by atoms with E-state index in [-0.39, 0.29) is 17.9 Å². The van der Waals surface area contributed by atoms with E-state index in [0.29, 0.717) is 4.99 Å². The van der Waals surface area contributed by atoms with E-state index in [1.54, 1.807) is 11.3 Å². The molecule has 1 aromatic heterocycles. The highest BCUT2D eigenvalue weighted by Gasteiger charge is 2.30.